The van der Waals surface area contributed by atoms with Gasteiger partial charge in [0.2, 0.25) is 0 Å². The van der Waals surface area contributed by atoms with Crippen LogP contribution in [0, 0.1) is 0 Å². The van der Waals surface area contributed by atoms with Gasteiger partial charge in [-0.15, -0.1) is 0 Å². The zero-order chi connectivity index (χ0) is 13.8. The van der Waals surface area contributed by atoms with Gasteiger partial charge in [-0.25, -0.2) is 0 Å². The topological polar surface area (TPSA) is 34.1 Å². The van der Waals surface area contributed by atoms with E-state index in [1.807, 2.05) is 6.07 Å². The molecule has 0 aliphatic carbocycles. The molecule has 108 valence electrons. The minimum absolute atomic E-state index is 0.260. The van der Waals surface area contributed by atoms with Crippen molar-refractivity contribution in [3.63, 3.8) is 0 Å². The Hall–Kier alpha value is -1.55. The lowest BCUT2D eigenvalue weighted by molar-refractivity contribution is 0.171. The Kier molecular flexibility index (Phi) is 4.21. The van der Waals surface area contributed by atoms with E-state index in [0.29, 0.717) is 13.2 Å². The summed E-state index contributed by atoms with van der Waals surface area (Å²) >= 11 is 0. The Bertz CT molecular complexity index is 470. The first-order valence-electron chi connectivity index (χ1n) is 7.42. The predicted molar refractivity (Wildman–Crippen MR) is 80.1 cm³/mol. The fraction of sp³-hybridized carbons (Fsp3) is 0.562. The van der Waals surface area contributed by atoms with Crippen LogP contribution in [0.1, 0.15) is 18.4 Å². The molecule has 1 aromatic rings. The molecule has 4 nitrogen and oxygen atoms in total. The third-order valence-corrected chi connectivity index (χ3v) is 4.00. The van der Waals surface area contributed by atoms with E-state index < -0.39 is 0 Å². The number of nitrogens with zero attached hydrogens (tertiary/aromatic N) is 2. The zero-order valence-corrected chi connectivity index (χ0v) is 11.9. The Labute approximate surface area is 120 Å². The summed E-state index contributed by atoms with van der Waals surface area (Å²) in [7, 11) is 0. The van der Waals surface area contributed by atoms with Crippen molar-refractivity contribution in [2.45, 2.75) is 25.3 Å². The van der Waals surface area contributed by atoms with Crippen molar-refractivity contribution >= 4 is 6.72 Å². The monoisotopic (exact) mass is 274 g/mol. The molecule has 0 amide bonds. The van der Waals surface area contributed by atoms with Gasteiger partial charge in [0.05, 0.1) is 6.04 Å². The quantitative estimate of drug-likeness (QED) is 0.772. The highest BCUT2D eigenvalue weighted by atomic mass is 16.6. The van der Waals surface area contributed by atoms with E-state index in [1.165, 1.54) is 31.5 Å². The Morgan fingerprint density at radius 3 is 2.65 bits per heavy atom. The molecule has 0 bridgehead atoms. The average Bonchev–Trinajstić information content (AvgIpc) is 2.99. The van der Waals surface area contributed by atoms with Crippen molar-refractivity contribution in [2.75, 3.05) is 32.8 Å². The van der Waals surface area contributed by atoms with Gasteiger partial charge in [0.25, 0.3) is 0 Å². The van der Waals surface area contributed by atoms with Crippen LogP contribution < -0.4 is 9.47 Å². The van der Waals surface area contributed by atoms with Crippen LogP contribution in [0.15, 0.2) is 23.2 Å². The van der Waals surface area contributed by atoms with Crippen molar-refractivity contribution in [1.29, 1.82) is 0 Å². The molecule has 2 heterocycles. The number of likely N-dealkylation sites (tertiary alicyclic amines) is 1. The van der Waals surface area contributed by atoms with E-state index >= 15 is 0 Å². The van der Waals surface area contributed by atoms with Crippen molar-refractivity contribution < 1.29 is 9.47 Å². The van der Waals surface area contributed by atoms with Crippen molar-refractivity contribution in [3.05, 3.63) is 23.8 Å². The summed E-state index contributed by atoms with van der Waals surface area (Å²) in [5.74, 6) is 1.71. The van der Waals surface area contributed by atoms with Gasteiger partial charge in [0.15, 0.2) is 11.5 Å². The first-order chi connectivity index (χ1) is 9.85. The number of aliphatic imine (C=N–C) groups is 1. The van der Waals surface area contributed by atoms with Crippen LogP contribution in [0.25, 0.3) is 0 Å². The van der Waals surface area contributed by atoms with Gasteiger partial charge in [-0.1, -0.05) is 6.07 Å². The molecule has 0 radical (unpaired) electrons. The molecule has 1 fully saturated rings. The number of ether oxygens (including phenoxy) is 2. The first-order valence-corrected chi connectivity index (χ1v) is 7.42. The summed E-state index contributed by atoms with van der Waals surface area (Å²) in [6.07, 6.45) is 3.54. The summed E-state index contributed by atoms with van der Waals surface area (Å²) in [5.41, 5.74) is 1.24. The predicted octanol–water partition coefficient (Wildman–Crippen LogP) is 2.17. The molecule has 0 N–H and O–H groups in total. The lowest BCUT2D eigenvalue weighted by Crippen LogP contribution is -2.30. The Morgan fingerprint density at radius 1 is 1.15 bits per heavy atom. The molecule has 0 spiro atoms. The van der Waals surface area contributed by atoms with E-state index in [0.717, 1.165) is 24.5 Å². The molecule has 2 aliphatic heterocycles. The van der Waals surface area contributed by atoms with Crippen LogP contribution in [0.3, 0.4) is 0 Å². The lowest BCUT2D eigenvalue weighted by atomic mass is 10.1. The van der Waals surface area contributed by atoms with E-state index in [9.17, 15) is 0 Å². The van der Waals surface area contributed by atoms with Crippen LogP contribution in [-0.4, -0.2) is 50.5 Å². The summed E-state index contributed by atoms with van der Waals surface area (Å²) in [5, 5.41) is 0. The minimum atomic E-state index is 0.260. The smallest absolute Gasteiger partial charge is 0.161 e. The van der Waals surface area contributed by atoms with Gasteiger partial charge in [-0.05, 0) is 56.8 Å². The molecule has 0 saturated carbocycles. The molecular formula is C16H22N2O2. The molecule has 2 aliphatic rings. The molecule has 0 aromatic heterocycles. The normalized spacial score (nSPS) is 19.8. The maximum Gasteiger partial charge on any atom is 0.161 e. The summed E-state index contributed by atoms with van der Waals surface area (Å²) < 4.78 is 11.2. The molecule has 0 unspecified atom stereocenters. The fourth-order valence-electron chi connectivity index (χ4n) is 2.94. The van der Waals surface area contributed by atoms with Crippen LogP contribution >= 0.6 is 0 Å². The first kappa shape index (κ1) is 13.4. The highest BCUT2D eigenvalue weighted by Crippen LogP contribution is 2.31. The standard InChI is InChI=1S/C16H22N2O2/c1-17-14(12-18-6-2-3-7-18)10-13-4-5-15-16(11-13)20-9-8-19-15/h4-5,11,14H,1-3,6-10,12H2/t14-/m0/s1. The van der Waals surface area contributed by atoms with Gasteiger partial charge in [0.1, 0.15) is 13.2 Å². The number of benzene rings is 1. The summed E-state index contributed by atoms with van der Waals surface area (Å²) in [4.78, 5) is 6.78. The number of hydrogen-bond acceptors (Lipinski definition) is 4. The Balaban J connectivity index is 1.64. The highest BCUT2D eigenvalue weighted by Gasteiger charge is 2.18. The molecule has 20 heavy (non-hydrogen) atoms. The lowest BCUT2D eigenvalue weighted by Gasteiger charge is -2.22. The second-order valence-corrected chi connectivity index (χ2v) is 5.53. The maximum absolute atomic E-state index is 5.63. The van der Waals surface area contributed by atoms with E-state index in [4.69, 9.17) is 9.47 Å². The van der Waals surface area contributed by atoms with Gasteiger partial charge in [-0.3, -0.25) is 4.99 Å². The van der Waals surface area contributed by atoms with Gasteiger partial charge in [-0.2, -0.15) is 0 Å². The van der Waals surface area contributed by atoms with Crippen LogP contribution in [-0.2, 0) is 6.42 Å². The fourth-order valence-corrected chi connectivity index (χ4v) is 2.94. The van der Waals surface area contributed by atoms with E-state index in [2.05, 4.69) is 28.7 Å². The molecule has 1 saturated heterocycles. The van der Waals surface area contributed by atoms with Crippen molar-refractivity contribution in [1.82, 2.24) is 4.90 Å². The minimum Gasteiger partial charge on any atom is -0.486 e. The second kappa shape index (κ2) is 6.27. The number of rotatable bonds is 5. The molecule has 1 atom stereocenters. The maximum atomic E-state index is 5.63. The molecule has 3 rings (SSSR count). The van der Waals surface area contributed by atoms with E-state index in [-0.39, 0.29) is 6.04 Å². The summed E-state index contributed by atoms with van der Waals surface area (Å²) in [6, 6.07) is 6.45. The zero-order valence-electron chi connectivity index (χ0n) is 11.9. The largest absolute Gasteiger partial charge is 0.486 e. The number of hydrogen-bond donors (Lipinski definition) is 0. The highest BCUT2D eigenvalue weighted by molar-refractivity contribution is 5.44. The molecule has 4 heteroatoms. The molecule has 1 aromatic carbocycles. The SMILES string of the molecule is C=N[C@@H](Cc1ccc2c(c1)OCCO2)CN1CCCC1. The van der Waals surface area contributed by atoms with Crippen molar-refractivity contribution in [3.8, 4) is 11.5 Å². The average molecular weight is 274 g/mol. The van der Waals surface area contributed by atoms with Crippen LogP contribution in [0.2, 0.25) is 0 Å². The third-order valence-electron chi connectivity index (χ3n) is 4.00. The Morgan fingerprint density at radius 2 is 1.90 bits per heavy atom. The third kappa shape index (κ3) is 3.12. The van der Waals surface area contributed by atoms with Crippen LogP contribution in [0.5, 0.6) is 11.5 Å². The second-order valence-electron chi connectivity index (χ2n) is 5.53. The van der Waals surface area contributed by atoms with Gasteiger partial charge < -0.3 is 14.4 Å². The van der Waals surface area contributed by atoms with Gasteiger partial charge >= 0.3 is 0 Å². The number of fused-ring (bicyclic) bond motifs is 1. The van der Waals surface area contributed by atoms with Gasteiger partial charge in [0, 0.05) is 6.54 Å². The summed E-state index contributed by atoms with van der Waals surface area (Å²) in [6.45, 7) is 8.44. The van der Waals surface area contributed by atoms with E-state index in [1.54, 1.807) is 0 Å². The van der Waals surface area contributed by atoms with Crippen LogP contribution in [0.4, 0.5) is 0 Å². The van der Waals surface area contributed by atoms with Crippen molar-refractivity contribution in [2.24, 2.45) is 4.99 Å². The molecular weight excluding hydrogens is 252 g/mol.